The smallest absolute Gasteiger partial charge is 0.126 e. The summed E-state index contributed by atoms with van der Waals surface area (Å²) in [6.07, 6.45) is 5.54. The van der Waals surface area contributed by atoms with Crippen LogP contribution in [0.4, 0.5) is 5.69 Å². The molecule has 130 valence electrons. The van der Waals surface area contributed by atoms with Crippen molar-refractivity contribution in [2.24, 2.45) is 0 Å². The van der Waals surface area contributed by atoms with Gasteiger partial charge < -0.3 is 19.4 Å². The summed E-state index contributed by atoms with van der Waals surface area (Å²) in [5.74, 6) is 1.63. The summed E-state index contributed by atoms with van der Waals surface area (Å²) in [4.78, 5) is 6.87. The van der Waals surface area contributed by atoms with Gasteiger partial charge in [0.05, 0.1) is 24.6 Å². The number of anilines is 1. The van der Waals surface area contributed by atoms with E-state index in [0.29, 0.717) is 0 Å². The lowest BCUT2D eigenvalue weighted by Gasteiger charge is -2.14. The Morgan fingerprint density at radius 2 is 2.08 bits per heavy atom. The first-order valence-corrected chi connectivity index (χ1v) is 8.25. The highest BCUT2D eigenvalue weighted by molar-refractivity contribution is 5.93. The van der Waals surface area contributed by atoms with Gasteiger partial charge in [-0.05, 0) is 62.6 Å². The third-order valence-electron chi connectivity index (χ3n) is 3.87. The first kappa shape index (κ1) is 17.0. The van der Waals surface area contributed by atoms with Crippen LogP contribution in [0.5, 0.6) is 5.75 Å². The molecule has 0 aliphatic carbocycles. The Morgan fingerprint density at radius 3 is 2.80 bits per heavy atom. The van der Waals surface area contributed by atoms with Crippen LogP contribution in [0.15, 0.2) is 47.1 Å². The number of nitrogens with zero attached hydrogens (tertiary/aromatic N) is 2. The van der Waals surface area contributed by atoms with Gasteiger partial charge in [0.2, 0.25) is 0 Å². The molecule has 1 N–H and O–H groups in total. The maximum absolute atomic E-state index is 5.36. The van der Waals surface area contributed by atoms with E-state index in [-0.39, 0.29) is 0 Å². The van der Waals surface area contributed by atoms with Crippen LogP contribution < -0.4 is 10.1 Å². The highest BCUT2D eigenvalue weighted by atomic mass is 16.5. The van der Waals surface area contributed by atoms with Crippen LogP contribution in [0.1, 0.15) is 11.5 Å². The standard InChI is InChI=1S/C20H23N3O2/c1-23(2)11-10-21-20-13-15(6-7-16-5-4-12-25-16)22-19-9-8-17(24-3)14-18(19)20/h4-9,12-14H,10-11H2,1-3H3,(H,21,22)/b7-6+. The molecule has 5 nitrogen and oxygen atoms in total. The molecule has 0 saturated carbocycles. The van der Waals surface area contributed by atoms with E-state index >= 15 is 0 Å². The number of fused-ring (bicyclic) bond motifs is 1. The van der Waals surface area contributed by atoms with Gasteiger partial charge in [0, 0.05) is 24.2 Å². The van der Waals surface area contributed by atoms with E-state index < -0.39 is 0 Å². The molecule has 2 heterocycles. The molecule has 0 fully saturated rings. The Bertz CT molecular complexity index is 855. The molecule has 25 heavy (non-hydrogen) atoms. The maximum Gasteiger partial charge on any atom is 0.126 e. The average Bonchev–Trinajstić information content (AvgIpc) is 3.13. The minimum Gasteiger partial charge on any atom is -0.497 e. The monoisotopic (exact) mass is 337 g/mol. The summed E-state index contributed by atoms with van der Waals surface area (Å²) in [6.45, 7) is 1.80. The molecule has 5 heteroatoms. The largest absolute Gasteiger partial charge is 0.497 e. The third-order valence-corrected chi connectivity index (χ3v) is 3.87. The van der Waals surface area contributed by atoms with Gasteiger partial charge in [-0.1, -0.05) is 0 Å². The van der Waals surface area contributed by atoms with E-state index in [2.05, 4.69) is 30.4 Å². The van der Waals surface area contributed by atoms with Crippen LogP contribution >= 0.6 is 0 Å². The van der Waals surface area contributed by atoms with Crippen LogP contribution in [0.2, 0.25) is 0 Å². The number of methoxy groups -OCH3 is 1. The minimum absolute atomic E-state index is 0.804. The Kier molecular flexibility index (Phi) is 5.36. The second-order valence-electron chi connectivity index (χ2n) is 6.06. The normalized spacial score (nSPS) is 11.5. The van der Waals surface area contributed by atoms with Crippen LogP contribution in [0.25, 0.3) is 23.1 Å². The molecular formula is C20H23N3O2. The molecule has 0 bridgehead atoms. The fraction of sp³-hybridized carbons (Fsp3) is 0.250. The lowest BCUT2D eigenvalue weighted by Crippen LogP contribution is -2.20. The topological polar surface area (TPSA) is 50.5 Å². The van der Waals surface area contributed by atoms with Crippen molar-refractivity contribution in [1.29, 1.82) is 0 Å². The number of nitrogens with one attached hydrogen (secondary N) is 1. The van der Waals surface area contributed by atoms with Crippen molar-refractivity contribution in [3.8, 4) is 5.75 Å². The molecule has 0 aliphatic rings. The minimum atomic E-state index is 0.804. The van der Waals surface area contributed by atoms with E-state index in [9.17, 15) is 0 Å². The highest BCUT2D eigenvalue weighted by Crippen LogP contribution is 2.28. The molecule has 0 aliphatic heterocycles. The van der Waals surface area contributed by atoms with Gasteiger partial charge in [-0.3, -0.25) is 0 Å². The number of aromatic nitrogens is 1. The van der Waals surface area contributed by atoms with Crippen molar-refractivity contribution in [3.63, 3.8) is 0 Å². The summed E-state index contributed by atoms with van der Waals surface area (Å²) in [6, 6.07) is 11.8. The van der Waals surface area contributed by atoms with Gasteiger partial charge >= 0.3 is 0 Å². The summed E-state index contributed by atoms with van der Waals surface area (Å²) in [7, 11) is 5.80. The second kappa shape index (κ2) is 7.85. The Hall–Kier alpha value is -2.79. The summed E-state index contributed by atoms with van der Waals surface area (Å²) >= 11 is 0. The molecule has 3 aromatic rings. The zero-order valence-electron chi connectivity index (χ0n) is 14.8. The number of rotatable bonds is 7. The SMILES string of the molecule is COc1ccc2nc(/C=C/c3ccco3)cc(NCCN(C)C)c2c1. The third kappa shape index (κ3) is 4.39. The number of hydrogen-bond donors (Lipinski definition) is 1. The Balaban J connectivity index is 1.95. The Labute approximate surface area is 147 Å². The lowest BCUT2D eigenvalue weighted by molar-refractivity contribution is 0.415. The number of likely N-dealkylation sites (N-methyl/N-ethyl adjacent to an activating group) is 1. The predicted octanol–water partition coefficient (Wildman–Crippen LogP) is 3.98. The molecule has 2 aromatic heterocycles. The van der Waals surface area contributed by atoms with Crippen molar-refractivity contribution < 1.29 is 9.15 Å². The van der Waals surface area contributed by atoms with Crippen LogP contribution in [0, 0.1) is 0 Å². The number of ether oxygens (including phenoxy) is 1. The van der Waals surface area contributed by atoms with Crippen molar-refractivity contribution in [2.45, 2.75) is 0 Å². The Morgan fingerprint density at radius 1 is 1.20 bits per heavy atom. The van der Waals surface area contributed by atoms with E-state index in [1.54, 1.807) is 13.4 Å². The first-order chi connectivity index (χ1) is 12.2. The molecule has 0 saturated heterocycles. The molecule has 3 rings (SSSR count). The van der Waals surface area contributed by atoms with Crippen LogP contribution in [0.3, 0.4) is 0 Å². The number of benzene rings is 1. The first-order valence-electron chi connectivity index (χ1n) is 8.25. The van der Waals surface area contributed by atoms with E-state index in [4.69, 9.17) is 14.1 Å². The molecule has 1 aromatic carbocycles. The van der Waals surface area contributed by atoms with Crippen molar-refractivity contribution >= 4 is 28.7 Å². The summed E-state index contributed by atoms with van der Waals surface area (Å²) in [5.41, 5.74) is 2.85. The van der Waals surface area contributed by atoms with Gasteiger partial charge in [0.1, 0.15) is 11.5 Å². The molecule has 0 atom stereocenters. The number of pyridine rings is 1. The fourth-order valence-electron chi connectivity index (χ4n) is 2.55. The van der Waals surface area contributed by atoms with Crippen molar-refractivity contribution in [1.82, 2.24) is 9.88 Å². The fourth-order valence-corrected chi connectivity index (χ4v) is 2.55. The quantitative estimate of drug-likeness (QED) is 0.707. The van der Waals surface area contributed by atoms with Gasteiger partial charge in [-0.2, -0.15) is 0 Å². The predicted molar refractivity (Wildman–Crippen MR) is 103 cm³/mol. The molecule has 0 spiro atoms. The van der Waals surface area contributed by atoms with Gasteiger partial charge in [-0.15, -0.1) is 0 Å². The van der Waals surface area contributed by atoms with Crippen molar-refractivity contribution in [2.75, 3.05) is 39.6 Å². The molecule has 0 radical (unpaired) electrons. The van der Waals surface area contributed by atoms with Gasteiger partial charge in [0.25, 0.3) is 0 Å². The zero-order valence-corrected chi connectivity index (χ0v) is 14.8. The van der Waals surface area contributed by atoms with E-state index in [1.165, 1.54) is 0 Å². The summed E-state index contributed by atoms with van der Waals surface area (Å²) < 4.78 is 10.7. The highest BCUT2D eigenvalue weighted by Gasteiger charge is 2.07. The number of hydrogen-bond acceptors (Lipinski definition) is 5. The van der Waals surface area contributed by atoms with Gasteiger partial charge in [0.15, 0.2) is 0 Å². The van der Waals surface area contributed by atoms with Gasteiger partial charge in [-0.25, -0.2) is 4.98 Å². The zero-order chi connectivity index (χ0) is 17.6. The maximum atomic E-state index is 5.36. The lowest BCUT2D eigenvalue weighted by atomic mass is 10.1. The molecular weight excluding hydrogens is 314 g/mol. The van der Waals surface area contributed by atoms with Crippen LogP contribution in [-0.2, 0) is 0 Å². The summed E-state index contributed by atoms with van der Waals surface area (Å²) in [5, 5.41) is 4.56. The number of furan rings is 1. The van der Waals surface area contributed by atoms with Crippen LogP contribution in [-0.4, -0.2) is 44.2 Å². The van der Waals surface area contributed by atoms with E-state index in [1.807, 2.05) is 42.5 Å². The van der Waals surface area contributed by atoms with Crippen molar-refractivity contribution in [3.05, 3.63) is 54.1 Å². The molecule has 0 unspecified atom stereocenters. The molecule has 0 amide bonds. The van der Waals surface area contributed by atoms with E-state index in [0.717, 1.165) is 46.9 Å². The second-order valence-corrected chi connectivity index (χ2v) is 6.06. The average molecular weight is 337 g/mol.